The lowest BCUT2D eigenvalue weighted by Gasteiger charge is -2.08. The van der Waals surface area contributed by atoms with Gasteiger partial charge in [0.2, 0.25) is 0 Å². The van der Waals surface area contributed by atoms with E-state index in [9.17, 15) is 15.0 Å². The maximum absolute atomic E-state index is 11.3. The molecule has 0 aliphatic rings. The van der Waals surface area contributed by atoms with Crippen LogP contribution >= 0.6 is 0 Å². The van der Waals surface area contributed by atoms with Crippen LogP contribution in [0.25, 0.3) is 5.57 Å². The van der Waals surface area contributed by atoms with Crippen LogP contribution in [0.2, 0.25) is 0 Å². The Bertz CT molecular complexity index is 795. The van der Waals surface area contributed by atoms with Crippen molar-refractivity contribution in [3.05, 3.63) is 76.6 Å². The molecular formula is C22H27NO3. The summed E-state index contributed by atoms with van der Waals surface area (Å²) >= 11 is 0. The number of aryl methyl sites for hydroxylation is 1. The third-order valence-electron chi connectivity index (χ3n) is 3.94. The van der Waals surface area contributed by atoms with Crippen LogP contribution in [0, 0.1) is 6.92 Å². The molecule has 2 N–H and O–H groups in total. The number of aliphatic hydroxyl groups is 1. The Morgan fingerprint density at radius 2 is 1.77 bits per heavy atom. The molecule has 138 valence electrons. The van der Waals surface area contributed by atoms with Crippen molar-refractivity contribution in [2.45, 2.75) is 34.1 Å². The zero-order chi connectivity index (χ0) is 19.7. The van der Waals surface area contributed by atoms with Gasteiger partial charge in [-0.15, -0.1) is 0 Å². The molecule has 0 fully saturated rings. The number of allylic oxidation sites excluding steroid dienone is 5. The number of aliphatic imine (C=N–C) groups is 1. The molecule has 26 heavy (non-hydrogen) atoms. The summed E-state index contributed by atoms with van der Waals surface area (Å²) in [5.41, 5.74) is 4.46. The van der Waals surface area contributed by atoms with Crippen LogP contribution in [-0.2, 0) is 4.79 Å². The van der Waals surface area contributed by atoms with Crippen LogP contribution in [0.1, 0.15) is 38.3 Å². The van der Waals surface area contributed by atoms with Gasteiger partial charge in [-0.3, -0.25) is 4.99 Å². The molecule has 0 heterocycles. The topological polar surface area (TPSA) is 69.9 Å². The van der Waals surface area contributed by atoms with E-state index in [1.807, 2.05) is 58.0 Å². The first kappa shape index (κ1) is 21.2. The van der Waals surface area contributed by atoms with Crippen molar-refractivity contribution in [1.29, 1.82) is 0 Å². The van der Waals surface area contributed by atoms with Gasteiger partial charge in [-0.25, -0.2) is 4.79 Å². The third-order valence-corrected chi connectivity index (χ3v) is 3.94. The second-order valence-corrected chi connectivity index (χ2v) is 6.13. The van der Waals surface area contributed by atoms with Gasteiger partial charge in [-0.2, -0.15) is 0 Å². The van der Waals surface area contributed by atoms with Gasteiger partial charge in [-0.1, -0.05) is 43.8 Å². The fraction of sp³-hybridized carbons (Fsp3) is 0.273. The molecule has 0 aromatic heterocycles. The Labute approximate surface area is 155 Å². The standard InChI is InChI=1S/C22H27NO3/c1-6-11-23-14-20(22(25)26)21(24)13-17(4)16(3)12-18(5)19-10-8-7-9-15(19)2/h7-10,12-14,24H,5-6,11H2,1-4H3,(H,25,26)/b16-12+,17-13+,21-20-,23-14?. The summed E-state index contributed by atoms with van der Waals surface area (Å²) in [6.45, 7) is 12.3. The van der Waals surface area contributed by atoms with E-state index in [2.05, 4.69) is 11.6 Å². The Balaban J connectivity index is 3.13. The lowest BCUT2D eigenvalue weighted by molar-refractivity contribution is -0.132. The highest BCUT2D eigenvalue weighted by Gasteiger charge is 2.11. The molecule has 0 atom stereocenters. The van der Waals surface area contributed by atoms with Crippen molar-refractivity contribution >= 4 is 17.8 Å². The number of aliphatic carboxylic acids is 1. The van der Waals surface area contributed by atoms with Crippen molar-refractivity contribution in [3.63, 3.8) is 0 Å². The summed E-state index contributed by atoms with van der Waals surface area (Å²) in [5.74, 6) is -1.53. The SMILES string of the molecule is C=C(/C=C(C)/C(C)=C/C(O)=C(\C=NCCC)C(=O)O)c1ccccc1C. The van der Waals surface area contributed by atoms with Gasteiger partial charge in [0.25, 0.3) is 0 Å². The monoisotopic (exact) mass is 353 g/mol. The van der Waals surface area contributed by atoms with Gasteiger partial charge in [0.1, 0.15) is 11.3 Å². The quantitative estimate of drug-likeness (QED) is 0.289. The molecule has 0 bridgehead atoms. The number of carbonyl (C=O) groups is 1. The summed E-state index contributed by atoms with van der Waals surface area (Å²) in [4.78, 5) is 15.3. The van der Waals surface area contributed by atoms with Crippen molar-refractivity contribution in [3.8, 4) is 0 Å². The van der Waals surface area contributed by atoms with Gasteiger partial charge < -0.3 is 10.2 Å². The van der Waals surface area contributed by atoms with E-state index < -0.39 is 5.97 Å². The summed E-state index contributed by atoms with van der Waals surface area (Å²) in [7, 11) is 0. The molecule has 4 nitrogen and oxygen atoms in total. The fourth-order valence-corrected chi connectivity index (χ4v) is 2.30. The number of aliphatic hydroxyl groups excluding tert-OH is 1. The van der Waals surface area contributed by atoms with Gasteiger partial charge in [0.15, 0.2) is 0 Å². The van der Waals surface area contributed by atoms with Gasteiger partial charge in [0.05, 0.1) is 0 Å². The van der Waals surface area contributed by atoms with Crippen molar-refractivity contribution in [1.82, 2.24) is 0 Å². The molecular weight excluding hydrogens is 326 g/mol. The van der Waals surface area contributed by atoms with E-state index in [4.69, 9.17) is 0 Å². The predicted octanol–water partition coefficient (Wildman–Crippen LogP) is 5.28. The Morgan fingerprint density at radius 1 is 1.15 bits per heavy atom. The molecule has 1 rings (SSSR count). The average molecular weight is 353 g/mol. The number of rotatable bonds is 8. The molecule has 1 aromatic rings. The van der Waals surface area contributed by atoms with Gasteiger partial charge in [-0.05, 0) is 61.1 Å². The van der Waals surface area contributed by atoms with Crippen LogP contribution in [0.15, 0.2) is 70.5 Å². The van der Waals surface area contributed by atoms with Crippen LogP contribution in [0.3, 0.4) is 0 Å². The van der Waals surface area contributed by atoms with E-state index in [0.29, 0.717) is 6.54 Å². The van der Waals surface area contributed by atoms with Crippen molar-refractivity contribution in [2.24, 2.45) is 4.99 Å². The molecule has 0 unspecified atom stereocenters. The molecule has 1 aromatic carbocycles. The zero-order valence-electron chi connectivity index (χ0n) is 15.9. The lowest BCUT2D eigenvalue weighted by Crippen LogP contribution is -2.06. The molecule has 0 radical (unpaired) electrons. The zero-order valence-corrected chi connectivity index (χ0v) is 15.9. The second-order valence-electron chi connectivity index (χ2n) is 6.13. The first-order valence-electron chi connectivity index (χ1n) is 8.56. The number of carboxylic acids is 1. The number of hydrogen-bond donors (Lipinski definition) is 2. The minimum absolute atomic E-state index is 0.219. The molecule has 0 amide bonds. The number of nitrogens with zero attached hydrogens (tertiary/aromatic N) is 1. The minimum atomic E-state index is -1.21. The minimum Gasteiger partial charge on any atom is -0.507 e. The molecule has 0 spiro atoms. The number of carboxylic acid groups (broad SMARTS) is 1. The molecule has 0 aliphatic carbocycles. The molecule has 0 aliphatic heterocycles. The van der Waals surface area contributed by atoms with Crippen LogP contribution in [0.5, 0.6) is 0 Å². The molecule has 4 heteroatoms. The Hall–Kier alpha value is -2.88. The highest BCUT2D eigenvalue weighted by atomic mass is 16.4. The smallest absolute Gasteiger partial charge is 0.341 e. The van der Waals surface area contributed by atoms with Crippen LogP contribution in [0.4, 0.5) is 0 Å². The maximum Gasteiger partial charge on any atom is 0.341 e. The number of benzene rings is 1. The number of hydrogen-bond acceptors (Lipinski definition) is 3. The maximum atomic E-state index is 11.3. The van der Waals surface area contributed by atoms with E-state index >= 15 is 0 Å². The normalized spacial score (nSPS) is 13.7. The van der Waals surface area contributed by atoms with E-state index in [-0.39, 0.29) is 11.3 Å². The summed E-state index contributed by atoms with van der Waals surface area (Å²) < 4.78 is 0. The van der Waals surface area contributed by atoms with E-state index in [1.54, 1.807) is 0 Å². The fourth-order valence-electron chi connectivity index (χ4n) is 2.30. The van der Waals surface area contributed by atoms with E-state index in [0.717, 1.165) is 34.3 Å². The average Bonchev–Trinajstić information content (AvgIpc) is 2.58. The molecule has 0 saturated carbocycles. The first-order chi connectivity index (χ1) is 12.3. The van der Waals surface area contributed by atoms with Gasteiger partial charge in [0, 0.05) is 12.8 Å². The lowest BCUT2D eigenvalue weighted by atomic mass is 9.98. The second kappa shape index (κ2) is 10.2. The highest BCUT2D eigenvalue weighted by Crippen LogP contribution is 2.22. The van der Waals surface area contributed by atoms with Crippen molar-refractivity contribution in [2.75, 3.05) is 6.54 Å². The van der Waals surface area contributed by atoms with E-state index in [1.165, 1.54) is 12.3 Å². The largest absolute Gasteiger partial charge is 0.507 e. The summed E-state index contributed by atoms with van der Waals surface area (Å²) in [6.07, 6.45) is 5.38. The Kier molecular flexibility index (Phi) is 8.29. The van der Waals surface area contributed by atoms with Crippen LogP contribution < -0.4 is 0 Å². The predicted molar refractivity (Wildman–Crippen MR) is 109 cm³/mol. The Morgan fingerprint density at radius 3 is 2.35 bits per heavy atom. The van der Waals surface area contributed by atoms with Crippen molar-refractivity contribution < 1.29 is 15.0 Å². The van der Waals surface area contributed by atoms with Gasteiger partial charge >= 0.3 is 5.97 Å². The third kappa shape index (κ3) is 6.20. The summed E-state index contributed by atoms with van der Waals surface area (Å²) in [6, 6.07) is 7.97. The molecule has 0 saturated heterocycles. The van der Waals surface area contributed by atoms with Crippen LogP contribution in [-0.4, -0.2) is 28.9 Å². The highest BCUT2D eigenvalue weighted by molar-refractivity contribution is 6.09. The summed E-state index contributed by atoms with van der Waals surface area (Å²) in [5, 5.41) is 19.4. The first-order valence-corrected chi connectivity index (χ1v) is 8.56.